The normalized spacial score (nSPS) is 12.2. The molecule has 0 aromatic carbocycles. The number of aliphatic hydroxyl groups excluding tert-OH is 1. The molecule has 0 amide bonds. The Kier molecular flexibility index (Phi) is 6.97. The minimum atomic E-state index is 0.235. The molecular formula is C12H21BrN4O. The highest BCUT2D eigenvalue weighted by Crippen LogP contribution is 2.26. The van der Waals surface area contributed by atoms with Gasteiger partial charge in [0.25, 0.3) is 0 Å². The Labute approximate surface area is 117 Å². The van der Waals surface area contributed by atoms with Crippen LogP contribution in [0.3, 0.4) is 0 Å². The lowest BCUT2D eigenvalue weighted by Gasteiger charge is -2.17. The van der Waals surface area contributed by atoms with E-state index in [-0.39, 0.29) is 6.61 Å². The average Bonchev–Trinajstić information content (AvgIpc) is 2.38. The van der Waals surface area contributed by atoms with E-state index in [1.54, 1.807) is 0 Å². The molecule has 1 atom stereocenters. The number of nitrogens with one attached hydrogen (secondary N) is 2. The van der Waals surface area contributed by atoms with E-state index in [1.165, 1.54) is 6.33 Å². The molecule has 0 saturated carbocycles. The molecule has 1 rings (SSSR count). The number of aromatic nitrogens is 2. The van der Waals surface area contributed by atoms with Crippen molar-refractivity contribution in [1.82, 2.24) is 9.97 Å². The third-order valence-corrected chi connectivity index (χ3v) is 3.57. The number of nitrogens with zero attached hydrogens (tertiary/aromatic N) is 2. The number of anilines is 2. The van der Waals surface area contributed by atoms with Crippen LogP contribution in [0.1, 0.15) is 26.2 Å². The molecule has 3 N–H and O–H groups in total. The molecule has 0 saturated heterocycles. The van der Waals surface area contributed by atoms with Crippen molar-refractivity contribution in [1.29, 1.82) is 0 Å². The van der Waals surface area contributed by atoms with Crippen LogP contribution in [-0.4, -0.2) is 35.3 Å². The summed E-state index contributed by atoms with van der Waals surface area (Å²) in [6.45, 7) is 3.20. The summed E-state index contributed by atoms with van der Waals surface area (Å²) in [5, 5.41) is 15.3. The monoisotopic (exact) mass is 316 g/mol. The van der Waals surface area contributed by atoms with Gasteiger partial charge in [-0.1, -0.05) is 13.3 Å². The number of halogens is 1. The summed E-state index contributed by atoms with van der Waals surface area (Å²) in [6.07, 6.45) is 4.58. The van der Waals surface area contributed by atoms with Gasteiger partial charge in [-0.2, -0.15) is 0 Å². The van der Waals surface area contributed by atoms with Crippen LogP contribution < -0.4 is 10.6 Å². The van der Waals surface area contributed by atoms with Crippen molar-refractivity contribution in [3.8, 4) is 0 Å². The van der Waals surface area contributed by atoms with Gasteiger partial charge in [-0.3, -0.25) is 0 Å². The summed E-state index contributed by atoms with van der Waals surface area (Å²) in [6, 6.07) is 0. The molecule has 1 unspecified atom stereocenters. The van der Waals surface area contributed by atoms with Crippen molar-refractivity contribution in [3.05, 3.63) is 10.8 Å². The molecule has 0 fully saturated rings. The molecule has 18 heavy (non-hydrogen) atoms. The molecule has 1 aromatic rings. The zero-order valence-corrected chi connectivity index (χ0v) is 12.5. The quantitative estimate of drug-likeness (QED) is 0.687. The summed E-state index contributed by atoms with van der Waals surface area (Å²) in [7, 11) is 1.82. The standard InChI is InChI=1S/C12H21BrN4O/c1-3-4-9(5-6-18)7-15-12-10(13)11(14-2)16-8-17-12/h8-9,18H,3-7H2,1-2H3,(H2,14,15,16,17). The van der Waals surface area contributed by atoms with Crippen LogP contribution in [0.4, 0.5) is 11.6 Å². The zero-order valence-electron chi connectivity index (χ0n) is 10.9. The molecule has 1 aromatic heterocycles. The Bertz CT molecular complexity index is 356. The third-order valence-electron chi connectivity index (χ3n) is 2.82. The second-order valence-electron chi connectivity index (χ2n) is 4.18. The van der Waals surface area contributed by atoms with Gasteiger partial charge in [0.15, 0.2) is 0 Å². The van der Waals surface area contributed by atoms with Gasteiger partial charge in [-0.15, -0.1) is 0 Å². The van der Waals surface area contributed by atoms with Crippen molar-refractivity contribution in [2.24, 2.45) is 5.92 Å². The van der Waals surface area contributed by atoms with Gasteiger partial charge in [0.2, 0.25) is 0 Å². The van der Waals surface area contributed by atoms with Crippen molar-refractivity contribution in [3.63, 3.8) is 0 Å². The predicted molar refractivity (Wildman–Crippen MR) is 77.9 cm³/mol. The molecule has 102 valence electrons. The van der Waals surface area contributed by atoms with Gasteiger partial charge in [0.1, 0.15) is 22.4 Å². The Balaban J connectivity index is 2.61. The number of hydrogen-bond donors (Lipinski definition) is 3. The van der Waals surface area contributed by atoms with Crippen LogP contribution in [0, 0.1) is 5.92 Å². The molecule has 1 heterocycles. The van der Waals surface area contributed by atoms with Crippen molar-refractivity contribution in [2.45, 2.75) is 26.2 Å². The van der Waals surface area contributed by atoms with E-state index in [9.17, 15) is 0 Å². The van der Waals surface area contributed by atoms with Gasteiger partial charge >= 0.3 is 0 Å². The first-order valence-electron chi connectivity index (χ1n) is 6.25. The summed E-state index contributed by atoms with van der Waals surface area (Å²) < 4.78 is 0.840. The number of rotatable bonds is 8. The van der Waals surface area contributed by atoms with Gasteiger partial charge in [0, 0.05) is 20.2 Å². The molecule has 0 aliphatic rings. The lowest BCUT2D eigenvalue weighted by atomic mass is 10.0. The van der Waals surface area contributed by atoms with Crippen LogP contribution in [0.5, 0.6) is 0 Å². The summed E-state index contributed by atoms with van der Waals surface area (Å²) in [5.41, 5.74) is 0. The minimum Gasteiger partial charge on any atom is -0.396 e. The first kappa shape index (κ1) is 15.2. The highest BCUT2D eigenvalue weighted by Gasteiger charge is 2.10. The molecule has 5 nitrogen and oxygen atoms in total. The van der Waals surface area contributed by atoms with E-state index < -0.39 is 0 Å². The molecule has 0 spiro atoms. The minimum absolute atomic E-state index is 0.235. The molecule has 0 radical (unpaired) electrons. The van der Waals surface area contributed by atoms with Gasteiger partial charge in [0.05, 0.1) is 0 Å². The summed E-state index contributed by atoms with van der Waals surface area (Å²) >= 11 is 3.47. The van der Waals surface area contributed by atoms with E-state index in [0.717, 1.165) is 41.9 Å². The molecule has 0 bridgehead atoms. The zero-order chi connectivity index (χ0) is 13.4. The Hall–Kier alpha value is -0.880. The highest BCUT2D eigenvalue weighted by molar-refractivity contribution is 9.10. The van der Waals surface area contributed by atoms with Gasteiger partial charge in [-0.25, -0.2) is 9.97 Å². The smallest absolute Gasteiger partial charge is 0.145 e. The Morgan fingerprint density at radius 1 is 1.33 bits per heavy atom. The molecule has 6 heteroatoms. The van der Waals surface area contributed by atoms with Crippen LogP contribution in [0.2, 0.25) is 0 Å². The average molecular weight is 317 g/mol. The third kappa shape index (κ3) is 4.42. The van der Waals surface area contributed by atoms with E-state index >= 15 is 0 Å². The summed E-state index contributed by atoms with van der Waals surface area (Å²) in [5.74, 6) is 2.02. The van der Waals surface area contributed by atoms with Crippen LogP contribution >= 0.6 is 15.9 Å². The fourth-order valence-corrected chi connectivity index (χ4v) is 2.39. The second kappa shape index (κ2) is 8.26. The highest BCUT2D eigenvalue weighted by atomic mass is 79.9. The van der Waals surface area contributed by atoms with Gasteiger partial charge in [-0.05, 0) is 34.7 Å². The maximum absolute atomic E-state index is 9.02. The van der Waals surface area contributed by atoms with Crippen LogP contribution in [0.15, 0.2) is 10.8 Å². The second-order valence-corrected chi connectivity index (χ2v) is 4.98. The van der Waals surface area contributed by atoms with Crippen molar-refractivity contribution < 1.29 is 5.11 Å². The van der Waals surface area contributed by atoms with Crippen molar-refractivity contribution >= 4 is 27.6 Å². The van der Waals surface area contributed by atoms with Crippen molar-refractivity contribution in [2.75, 3.05) is 30.8 Å². The topological polar surface area (TPSA) is 70.1 Å². The molecular weight excluding hydrogens is 296 g/mol. The van der Waals surface area contributed by atoms with Crippen LogP contribution in [0.25, 0.3) is 0 Å². The SMILES string of the molecule is CCCC(CCO)CNc1ncnc(NC)c1Br. The number of aliphatic hydroxyl groups is 1. The fourth-order valence-electron chi connectivity index (χ4n) is 1.85. The Morgan fingerprint density at radius 2 is 2.06 bits per heavy atom. The van der Waals surface area contributed by atoms with E-state index in [2.05, 4.69) is 43.5 Å². The fraction of sp³-hybridized carbons (Fsp3) is 0.667. The lowest BCUT2D eigenvalue weighted by Crippen LogP contribution is -2.17. The van der Waals surface area contributed by atoms with Gasteiger partial charge < -0.3 is 15.7 Å². The van der Waals surface area contributed by atoms with E-state index in [1.807, 2.05) is 7.05 Å². The lowest BCUT2D eigenvalue weighted by molar-refractivity contribution is 0.255. The summed E-state index contributed by atoms with van der Waals surface area (Å²) in [4.78, 5) is 8.32. The molecule has 0 aliphatic carbocycles. The maximum atomic E-state index is 9.02. The molecule has 0 aliphatic heterocycles. The number of hydrogen-bond acceptors (Lipinski definition) is 5. The maximum Gasteiger partial charge on any atom is 0.145 e. The van der Waals surface area contributed by atoms with E-state index in [4.69, 9.17) is 5.11 Å². The Morgan fingerprint density at radius 3 is 2.67 bits per heavy atom. The van der Waals surface area contributed by atoms with E-state index in [0.29, 0.717) is 5.92 Å². The first-order valence-corrected chi connectivity index (χ1v) is 7.05. The first-order chi connectivity index (χ1) is 8.72. The van der Waals surface area contributed by atoms with Crippen LogP contribution in [-0.2, 0) is 0 Å². The predicted octanol–water partition coefficient (Wildman–Crippen LogP) is 2.49. The largest absolute Gasteiger partial charge is 0.396 e.